The standard InChI is InChI=1S/C11H13NO2S/c1-2-13-10-8-12-11(15-10)14-9-6-4-3-5-7-9/h3-7,10H,2,8H2,1H3. The number of hydrogen-bond acceptors (Lipinski definition) is 4. The highest BCUT2D eigenvalue weighted by Gasteiger charge is 2.21. The van der Waals surface area contributed by atoms with Crippen LogP contribution in [0.2, 0.25) is 0 Å². The molecule has 0 N–H and O–H groups in total. The summed E-state index contributed by atoms with van der Waals surface area (Å²) in [7, 11) is 0. The van der Waals surface area contributed by atoms with Crippen molar-refractivity contribution in [3.8, 4) is 5.75 Å². The number of para-hydroxylation sites is 1. The number of ether oxygens (including phenoxy) is 2. The molecule has 1 unspecified atom stereocenters. The Hall–Kier alpha value is -1.00. The zero-order chi connectivity index (χ0) is 10.5. The predicted molar refractivity (Wildman–Crippen MR) is 62.4 cm³/mol. The van der Waals surface area contributed by atoms with Crippen LogP contribution in [0.1, 0.15) is 6.92 Å². The van der Waals surface area contributed by atoms with Gasteiger partial charge >= 0.3 is 0 Å². The fourth-order valence-electron chi connectivity index (χ4n) is 1.25. The third-order valence-electron chi connectivity index (χ3n) is 1.90. The van der Waals surface area contributed by atoms with E-state index in [0.717, 1.165) is 5.75 Å². The number of rotatable bonds is 3. The molecule has 2 rings (SSSR count). The lowest BCUT2D eigenvalue weighted by atomic mass is 10.3. The van der Waals surface area contributed by atoms with Crippen molar-refractivity contribution in [1.82, 2.24) is 0 Å². The van der Waals surface area contributed by atoms with Gasteiger partial charge in [0.25, 0.3) is 5.23 Å². The fraction of sp³-hybridized carbons (Fsp3) is 0.364. The van der Waals surface area contributed by atoms with E-state index in [1.165, 1.54) is 11.8 Å². The van der Waals surface area contributed by atoms with Crippen molar-refractivity contribution in [2.45, 2.75) is 12.4 Å². The summed E-state index contributed by atoms with van der Waals surface area (Å²) in [5.74, 6) is 0.820. The molecule has 0 aliphatic carbocycles. The summed E-state index contributed by atoms with van der Waals surface area (Å²) in [6, 6.07) is 9.67. The molecule has 1 aliphatic heterocycles. The van der Waals surface area contributed by atoms with Crippen molar-refractivity contribution in [3.05, 3.63) is 30.3 Å². The van der Waals surface area contributed by atoms with Crippen LogP contribution in [0, 0.1) is 0 Å². The van der Waals surface area contributed by atoms with Crippen molar-refractivity contribution in [2.24, 2.45) is 4.99 Å². The zero-order valence-corrected chi connectivity index (χ0v) is 9.37. The second kappa shape index (κ2) is 5.19. The molecule has 1 heterocycles. The van der Waals surface area contributed by atoms with Gasteiger partial charge in [-0.3, -0.25) is 0 Å². The molecular formula is C11H13NO2S. The van der Waals surface area contributed by atoms with Gasteiger partial charge in [0.2, 0.25) is 0 Å². The molecule has 4 heteroatoms. The molecular weight excluding hydrogens is 210 g/mol. The summed E-state index contributed by atoms with van der Waals surface area (Å²) in [6.45, 7) is 3.38. The summed E-state index contributed by atoms with van der Waals surface area (Å²) in [5.41, 5.74) is 0.119. The highest BCUT2D eigenvalue weighted by molar-refractivity contribution is 8.14. The van der Waals surface area contributed by atoms with Crippen LogP contribution in [0.5, 0.6) is 5.75 Å². The average Bonchev–Trinajstić information content (AvgIpc) is 2.68. The Kier molecular flexibility index (Phi) is 3.64. The summed E-state index contributed by atoms with van der Waals surface area (Å²) in [6.07, 6.45) is 0. The SMILES string of the molecule is CCOC1CN=C(Oc2ccccc2)S1. The molecule has 0 saturated carbocycles. The second-order valence-corrected chi connectivity index (χ2v) is 4.14. The molecule has 80 valence electrons. The number of hydrogen-bond donors (Lipinski definition) is 0. The topological polar surface area (TPSA) is 30.8 Å². The normalized spacial score (nSPS) is 20.1. The minimum Gasteiger partial charge on any atom is -0.434 e. The van der Waals surface area contributed by atoms with Crippen LogP contribution < -0.4 is 4.74 Å². The number of thioether (sulfide) groups is 1. The Labute approximate surface area is 93.5 Å². The average molecular weight is 223 g/mol. The van der Waals surface area contributed by atoms with Gasteiger partial charge in [-0.05, 0) is 30.8 Å². The summed E-state index contributed by atoms with van der Waals surface area (Å²) >= 11 is 1.54. The highest BCUT2D eigenvalue weighted by Crippen LogP contribution is 2.24. The van der Waals surface area contributed by atoms with Crippen molar-refractivity contribution in [3.63, 3.8) is 0 Å². The number of nitrogens with zero attached hydrogens (tertiary/aromatic N) is 1. The van der Waals surface area contributed by atoms with Gasteiger partial charge in [-0.1, -0.05) is 18.2 Å². The van der Waals surface area contributed by atoms with Crippen LogP contribution in [0.25, 0.3) is 0 Å². The Morgan fingerprint density at radius 1 is 1.40 bits per heavy atom. The molecule has 1 atom stereocenters. The third-order valence-corrected chi connectivity index (χ3v) is 2.86. The van der Waals surface area contributed by atoms with Crippen LogP contribution in [-0.2, 0) is 4.74 Å². The smallest absolute Gasteiger partial charge is 0.254 e. The van der Waals surface area contributed by atoms with Gasteiger partial charge in [-0.15, -0.1) is 0 Å². The van der Waals surface area contributed by atoms with E-state index in [4.69, 9.17) is 9.47 Å². The van der Waals surface area contributed by atoms with Crippen LogP contribution >= 0.6 is 11.8 Å². The van der Waals surface area contributed by atoms with E-state index in [0.29, 0.717) is 18.4 Å². The molecule has 0 bridgehead atoms. The van der Waals surface area contributed by atoms with E-state index in [1.807, 2.05) is 37.3 Å². The van der Waals surface area contributed by atoms with E-state index < -0.39 is 0 Å². The predicted octanol–water partition coefficient (Wildman–Crippen LogP) is 2.53. The lowest BCUT2D eigenvalue weighted by Gasteiger charge is -2.07. The third kappa shape index (κ3) is 2.97. The largest absolute Gasteiger partial charge is 0.434 e. The van der Waals surface area contributed by atoms with E-state index in [2.05, 4.69) is 4.99 Å². The Morgan fingerprint density at radius 3 is 2.93 bits per heavy atom. The van der Waals surface area contributed by atoms with E-state index in [9.17, 15) is 0 Å². The Balaban J connectivity index is 1.87. The van der Waals surface area contributed by atoms with E-state index in [-0.39, 0.29) is 5.44 Å². The maximum absolute atomic E-state index is 5.58. The lowest BCUT2D eigenvalue weighted by Crippen LogP contribution is -2.09. The van der Waals surface area contributed by atoms with Crippen LogP contribution in [0.15, 0.2) is 35.3 Å². The monoisotopic (exact) mass is 223 g/mol. The minimum absolute atomic E-state index is 0.119. The van der Waals surface area contributed by atoms with Crippen molar-refractivity contribution in [2.75, 3.05) is 13.2 Å². The Bertz CT molecular complexity index is 340. The minimum atomic E-state index is 0.119. The van der Waals surface area contributed by atoms with E-state index in [1.54, 1.807) is 0 Å². The van der Waals surface area contributed by atoms with Gasteiger partial charge in [0.15, 0.2) is 0 Å². The summed E-state index contributed by atoms with van der Waals surface area (Å²) < 4.78 is 11.0. The van der Waals surface area contributed by atoms with Gasteiger partial charge in [-0.2, -0.15) is 0 Å². The maximum atomic E-state index is 5.58. The first-order chi connectivity index (χ1) is 7.38. The molecule has 3 nitrogen and oxygen atoms in total. The summed E-state index contributed by atoms with van der Waals surface area (Å²) in [4.78, 5) is 4.26. The highest BCUT2D eigenvalue weighted by atomic mass is 32.2. The molecule has 1 aliphatic rings. The van der Waals surface area contributed by atoms with Crippen LogP contribution in [0.4, 0.5) is 0 Å². The van der Waals surface area contributed by atoms with Crippen LogP contribution in [-0.4, -0.2) is 23.8 Å². The van der Waals surface area contributed by atoms with Crippen molar-refractivity contribution in [1.29, 1.82) is 0 Å². The quantitative estimate of drug-likeness (QED) is 0.789. The van der Waals surface area contributed by atoms with Gasteiger partial charge in [0.1, 0.15) is 11.2 Å². The molecule has 0 spiro atoms. The molecule has 15 heavy (non-hydrogen) atoms. The summed E-state index contributed by atoms with van der Waals surface area (Å²) in [5, 5.41) is 0.694. The molecule has 0 amide bonds. The molecule has 0 aromatic heterocycles. The molecule has 0 fully saturated rings. The first-order valence-electron chi connectivity index (χ1n) is 4.94. The molecule has 1 aromatic carbocycles. The van der Waals surface area contributed by atoms with Crippen molar-refractivity contribution < 1.29 is 9.47 Å². The maximum Gasteiger partial charge on any atom is 0.254 e. The first-order valence-corrected chi connectivity index (χ1v) is 5.82. The second-order valence-electron chi connectivity index (χ2n) is 3.02. The van der Waals surface area contributed by atoms with Gasteiger partial charge < -0.3 is 9.47 Å². The zero-order valence-electron chi connectivity index (χ0n) is 8.55. The molecule has 0 radical (unpaired) electrons. The van der Waals surface area contributed by atoms with Gasteiger partial charge in [0.05, 0.1) is 6.54 Å². The van der Waals surface area contributed by atoms with Gasteiger partial charge in [-0.25, -0.2) is 4.99 Å². The van der Waals surface area contributed by atoms with E-state index >= 15 is 0 Å². The molecule has 0 saturated heterocycles. The number of benzene rings is 1. The fourth-order valence-corrected chi connectivity index (χ4v) is 2.13. The lowest BCUT2D eigenvalue weighted by molar-refractivity contribution is 0.133. The number of aliphatic imine (C=N–C) groups is 1. The van der Waals surface area contributed by atoms with Gasteiger partial charge in [0, 0.05) is 6.61 Å². The first kappa shape index (κ1) is 10.5. The molecule has 1 aromatic rings. The van der Waals surface area contributed by atoms with Crippen molar-refractivity contribution >= 4 is 17.0 Å². The van der Waals surface area contributed by atoms with Crippen LogP contribution in [0.3, 0.4) is 0 Å². The Morgan fingerprint density at radius 2 is 2.20 bits per heavy atom.